The summed E-state index contributed by atoms with van der Waals surface area (Å²) < 4.78 is 5.49. The number of ether oxygens (including phenoxy) is 1. The molecule has 0 spiro atoms. The van der Waals surface area contributed by atoms with Crippen LogP contribution in [0.2, 0.25) is 0 Å². The van der Waals surface area contributed by atoms with E-state index in [1.54, 1.807) is 0 Å². The highest BCUT2D eigenvalue weighted by Crippen LogP contribution is 2.18. The van der Waals surface area contributed by atoms with Gasteiger partial charge in [-0.1, -0.05) is 319 Å². The van der Waals surface area contributed by atoms with E-state index in [0.717, 1.165) is 57.8 Å². The van der Waals surface area contributed by atoms with Crippen LogP contribution in [-0.2, 0) is 14.3 Å². The van der Waals surface area contributed by atoms with E-state index in [4.69, 9.17) is 4.74 Å². The zero-order valence-corrected chi connectivity index (χ0v) is 52.4. The van der Waals surface area contributed by atoms with E-state index in [-0.39, 0.29) is 18.5 Å². The molecule has 0 saturated carbocycles. The predicted octanol–water partition coefficient (Wildman–Crippen LogP) is 22.5. The van der Waals surface area contributed by atoms with Crippen molar-refractivity contribution in [2.75, 3.05) is 13.2 Å². The van der Waals surface area contributed by atoms with E-state index in [9.17, 15) is 19.8 Å². The van der Waals surface area contributed by atoms with E-state index in [1.807, 2.05) is 0 Å². The first-order valence-corrected chi connectivity index (χ1v) is 34.9. The summed E-state index contributed by atoms with van der Waals surface area (Å²) >= 11 is 0. The molecule has 1 amide bonds. The zero-order valence-electron chi connectivity index (χ0n) is 52.4. The van der Waals surface area contributed by atoms with Gasteiger partial charge in [0.05, 0.1) is 25.4 Å². The number of nitrogens with one attached hydrogen (secondary N) is 1. The van der Waals surface area contributed by atoms with Gasteiger partial charge in [-0.3, -0.25) is 9.59 Å². The van der Waals surface area contributed by atoms with Crippen molar-refractivity contribution in [3.63, 3.8) is 0 Å². The van der Waals surface area contributed by atoms with Crippen molar-refractivity contribution in [2.45, 2.75) is 386 Å². The molecule has 0 rings (SSSR count). The van der Waals surface area contributed by atoms with E-state index >= 15 is 0 Å². The van der Waals surface area contributed by atoms with Crippen molar-refractivity contribution in [2.24, 2.45) is 0 Å². The highest BCUT2D eigenvalue weighted by atomic mass is 16.5. The molecule has 0 aliphatic heterocycles. The van der Waals surface area contributed by atoms with Gasteiger partial charge in [0.25, 0.3) is 0 Å². The van der Waals surface area contributed by atoms with Gasteiger partial charge >= 0.3 is 5.97 Å². The third kappa shape index (κ3) is 63.0. The number of hydrogen-bond donors (Lipinski definition) is 3. The van der Waals surface area contributed by atoms with Crippen molar-refractivity contribution >= 4 is 11.9 Å². The Morgan fingerprint density at radius 2 is 0.641 bits per heavy atom. The third-order valence-electron chi connectivity index (χ3n) is 16.1. The van der Waals surface area contributed by atoms with Crippen molar-refractivity contribution in [1.82, 2.24) is 5.32 Å². The second-order valence-electron chi connectivity index (χ2n) is 23.9. The van der Waals surface area contributed by atoms with Crippen LogP contribution in [0.5, 0.6) is 0 Å². The number of unbranched alkanes of at least 4 members (excludes halogenated alkanes) is 46. The number of aliphatic hydroxyl groups excluding tert-OH is 2. The van der Waals surface area contributed by atoms with Crippen LogP contribution >= 0.6 is 0 Å². The molecule has 458 valence electrons. The molecule has 0 aromatic rings. The molecule has 0 radical (unpaired) electrons. The first kappa shape index (κ1) is 75.8. The van der Waals surface area contributed by atoms with Crippen LogP contribution in [0.4, 0.5) is 0 Å². The Morgan fingerprint density at radius 3 is 1.00 bits per heavy atom. The summed E-state index contributed by atoms with van der Waals surface area (Å²) in [6, 6.07) is -0.543. The second kappa shape index (κ2) is 67.3. The molecule has 3 N–H and O–H groups in total. The maximum absolute atomic E-state index is 12.5. The monoisotopic (exact) mass is 1090 g/mol. The standard InChI is InChI=1S/C72H135NO5/c1-3-5-7-9-11-13-15-17-19-33-38-42-46-50-54-58-62-66-72(77)78-67-63-59-55-51-47-43-39-35-32-30-28-26-24-22-20-21-23-25-27-29-31-34-37-41-45-49-53-57-61-65-71(76)73-69(68-74)70(75)64-60-56-52-48-44-40-36-18-16-14-12-10-8-6-4-2/h11,13,17,19-20,22,26,28,69-70,74-75H,3-10,12,14-16,18,21,23-25,27,29-68H2,1-2H3,(H,73,76)/b13-11-,19-17-,22-20-,28-26-. The molecule has 0 aliphatic rings. The molecule has 6 heteroatoms. The molecule has 0 fully saturated rings. The summed E-state index contributed by atoms with van der Waals surface area (Å²) in [7, 11) is 0. The minimum Gasteiger partial charge on any atom is -0.466 e. The number of rotatable bonds is 65. The first-order valence-electron chi connectivity index (χ1n) is 34.9. The molecule has 0 aromatic carbocycles. The summed E-state index contributed by atoms with van der Waals surface area (Å²) in [5.41, 5.74) is 0. The minimum atomic E-state index is -0.665. The normalized spacial score (nSPS) is 12.8. The molecule has 0 aliphatic carbocycles. The lowest BCUT2D eigenvalue weighted by atomic mass is 10.0. The molecular formula is C72H135NO5. The fourth-order valence-corrected chi connectivity index (χ4v) is 10.8. The topological polar surface area (TPSA) is 95.9 Å². The molecule has 2 unspecified atom stereocenters. The summed E-state index contributed by atoms with van der Waals surface area (Å²) in [4.78, 5) is 24.6. The Kier molecular flexibility index (Phi) is 65.4. The Hall–Kier alpha value is -2.18. The van der Waals surface area contributed by atoms with Crippen LogP contribution < -0.4 is 5.32 Å². The van der Waals surface area contributed by atoms with Gasteiger partial charge in [0, 0.05) is 12.8 Å². The highest BCUT2D eigenvalue weighted by molar-refractivity contribution is 5.76. The number of carbonyl (C=O) groups is 2. The lowest BCUT2D eigenvalue weighted by molar-refractivity contribution is -0.143. The average molecular weight is 1090 g/mol. The first-order chi connectivity index (χ1) is 38.5. The second-order valence-corrected chi connectivity index (χ2v) is 23.9. The summed E-state index contributed by atoms with van der Waals surface area (Å²) in [6.45, 7) is 4.94. The van der Waals surface area contributed by atoms with Crippen molar-refractivity contribution in [1.29, 1.82) is 0 Å². The van der Waals surface area contributed by atoms with Crippen LogP contribution in [0, 0.1) is 0 Å². The SMILES string of the molecule is CCCCC/C=C\C/C=C\CCCCCCCCCC(=O)OCCCCCCCCCCC/C=C\C/C=C\CCCCCCCCCCCCCCCC(=O)NC(CO)C(O)CCCCCCCCCCCCCCCCC. The molecule has 0 bridgehead atoms. The van der Waals surface area contributed by atoms with Crippen molar-refractivity contribution < 1.29 is 24.5 Å². The van der Waals surface area contributed by atoms with Gasteiger partial charge in [0.2, 0.25) is 5.91 Å². The summed E-state index contributed by atoms with van der Waals surface area (Å²) in [5.74, 6) is -0.0298. The number of esters is 1. The molecule has 6 nitrogen and oxygen atoms in total. The number of carbonyl (C=O) groups excluding carboxylic acids is 2. The van der Waals surface area contributed by atoms with Crippen LogP contribution in [-0.4, -0.2) is 47.4 Å². The van der Waals surface area contributed by atoms with Gasteiger partial charge < -0.3 is 20.3 Å². The number of amides is 1. The maximum Gasteiger partial charge on any atom is 0.305 e. The number of aliphatic hydroxyl groups is 2. The Bertz CT molecular complexity index is 1310. The lowest BCUT2D eigenvalue weighted by Crippen LogP contribution is -2.45. The fraction of sp³-hybridized carbons (Fsp3) is 0.861. The van der Waals surface area contributed by atoms with Gasteiger partial charge in [-0.2, -0.15) is 0 Å². The highest BCUT2D eigenvalue weighted by Gasteiger charge is 2.20. The molecule has 0 heterocycles. The predicted molar refractivity (Wildman–Crippen MR) is 342 cm³/mol. The van der Waals surface area contributed by atoms with Gasteiger partial charge in [0.15, 0.2) is 0 Å². The quantitative estimate of drug-likeness (QED) is 0.0320. The third-order valence-corrected chi connectivity index (χ3v) is 16.1. The van der Waals surface area contributed by atoms with Gasteiger partial charge in [-0.15, -0.1) is 0 Å². The number of hydrogen-bond acceptors (Lipinski definition) is 5. The Labute approximate surface area is 486 Å². The Morgan fingerprint density at radius 1 is 0.359 bits per heavy atom. The van der Waals surface area contributed by atoms with E-state index < -0.39 is 12.1 Å². The van der Waals surface area contributed by atoms with Crippen molar-refractivity contribution in [3.05, 3.63) is 48.6 Å². The van der Waals surface area contributed by atoms with Crippen LogP contribution in [0.15, 0.2) is 48.6 Å². The lowest BCUT2D eigenvalue weighted by Gasteiger charge is -2.22. The van der Waals surface area contributed by atoms with Gasteiger partial charge in [-0.25, -0.2) is 0 Å². The average Bonchev–Trinajstić information content (AvgIpc) is 3.44. The number of allylic oxidation sites excluding steroid dienone is 8. The minimum absolute atomic E-state index is 0.00434. The van der Waals surface area contributed by atoms with Crippen LogP contribution in [0.3, 0.4) is 0 Å². The smallest absolute Gasteiger partial charge is 0.305 e. The Balaban J connectivity index is 3.40. The fourth-order valence-electron chi connectivity index (χ4n) is 10.8. The van der Waals surface area contributed by atoms with E-state index in [1.165, 1.54) is 283 Å². The molecule has 0 saturated heterocycles. The molecule has 0 aromatic heterocycles. The molecule has 2 atom stereocenters. The van der Waals surface area contributed by atoms with Gasteiger partial charge in [0.1, 0.15) is 0 Å². The zero-order chi connectivity index (χ0) is 56.4. The molecular weight excluding hydrogens is 959 g/mol. The van der Waals surface area contributed by atoms with E-state index in [0.29, 0.717) is 25.9 Å². The van der Waals surface area contributed by atoms with Crippen molar-refractivity contribution in [3.8, 4) is 0 Å². The summed E-state index contributed by atoms with van der Waals surface area (Å²) in [6.07, 6.45) is 87.2. The van der Waals surface area contributed by atoms with E-state index in [2.05, 4.69) is 67.8 Å². The van der Waals surface area contributed by atoms with Gasteiger partial charge in [-0.05, 0) is 89.9 Å². The summed E-state index contributed by atoms with van der Waals surface area (Å²) in [5, 5.41) is 23.3. The largest absolute Gasteiger partial charge is 0.466 e. The maximum atomic E-state index is 12.5. The van der Waals surface area contributed by atoms with Crippen LogP contribution in [0.25, 0.3) is 0 Å². The molecule has 78 heavy (non-hydrogen) atoms. The van der Waals surface area contributed by atoms with Crippen LogP contribution in [0.1, 0.15) is 373 Å².